The van der Waals surface area contributed by atoms with Gasteiger partial charge in [-0.25, -0.2) is 5.01 Å². The number of benzene rings is 3. The fraction of sp³-hybridized carbons (Fsp3) is 0.208. The molecular weight excluding hydrogens is 396 g/mol. The Labute approximate surface area is 178 Å². The third kappa shape index (κ3) is 2.56. The lowest BCUT2D eigenvalue weighted by atomic mass is 9.95. The molecule has 7 heteroatoms. The van der Waals surface area contributed by atoms with E-state index < -0.39 is 0 Å². The lowest BCUT2D eigenvalue weighted by Gasteiger charge is -2.38. The molecular formula is C24H18N2O5. The van der Waals surface area contributed by atoms with Crippen LogP contribution in [-0.4, -0.2) is 24.3 Å². The van der Waals surface area contributed by atoms with Crippen LogP contribution in [0.3, 0.4) is 0 Å². The summed E-state index contributed by atoms with van der Waals surface area (Å²) in [4.78, 5) is 0. The van der Waals surface area contributed by atoms with Crippen LogP contribution in [-0.2, 0) is 0 Å². The van der Waals surface area contributed by atoms with Gasteiger partial charge in [0.2, 0.25) is 19.8 Å². The Morgan fingerprint density at radius 3 is 2.35 bits per heavy atom. The highest BCUT2D eigenvalue weighted by Crippen LogP contribution is 2.49. The summed E-state index contributed by atoms with van der Waals surface area (Å²) in [7, 11) is 0. The minimum absolute atomic E-state index is 0.0841. The van der Waals surface area contributed by atoms with Crippen molar-refractivity contribution in [2.45, 2.75) is 18.7 Å². The number of rotatable bonds is 2. The second kappa shape index (κ2) is 6.31. The topological polar surface area (TPSA) is 61.8 Å². The third-order valence-corrected chi connectivity index (χ3v) is 6.09. The molecule has 31 heavy (non-hydrogen) atoms. The van der Waals surface area contributed by atoms with Gasteiger partial charge in [-0.1, -0.05) is 18.2 Å². The number of hydrogen-bond donors (Lipinski definition) is 0. The molecule has 4 aliphatic rings. The minimum Gasteiger partial charge on any atom is -0.464 e. The normalized spacial score (nSPS) is 21.9. The highest BCUT2D eigenvalue weighted by Gasteiger charge is 2.41. The maximum atomic E-state index is 6.43. The fourth-order valence-corrected chi connectivity index (χ4v) is 4.57. The van der Waals surface area contributed by atoms with Crippen molar-refractivity contribution in [2.75, 3.05) is 13.6 Å². The van der Waals surface area contributed by atoms with E-state index in [0.717, 1.165) is 57.6 Å². The number of fused-ring (bicyclic) bond motifs is 5. The summed E-state index contributed by atoms with van der Waals surface area (Å²) in [5.41, 5.74) is 4.13. The Hall–Kier alpha value is -3.87. The highest BCUT2D eigenvalue weighted by atomic mass is 16.7. The standard InChI is InChI=1S/C24H18N2O5/c1-2-4-19-16(3-1)18-11-17(14-5-7-20-22(9-14)29-12-27-20)25-26(18)24(31-19)15-6-8-21-23(10-15)30-13-28-21/h1-10,18,24H,11-13H2/t18-,24+/m0/s1. The Morgan fingerprint density at radius 1 is 0.742 bits per heavy atom. The molecule has 0 amide bonds. The lowest BCUT2D eigenvalue weighted by molar-refractivity contribution is -0.0191. The van der Waals surface area contributed by atoms with Crippen molar-refractivity contribution < 1.29 is 23.7 Å². The number of nitrogens with zero attached hydrogens (tertiary/aromatic N) is 2. The van der Waals surface area contributed by atoms with Crippen LogP contribution >= 0.6 is 0 Å². The molecule has 0 aliphatic carbocycles. The van der Waals surface area contributed by atoms with Crippen LogP contribution in [0.15, 0.2) is 65.8 Å². The summed E-state index contributed by atoms with van der Waals surface area (Å²) in [6.07, 6.45) is 0.419. The zero-order chi connectivity index (χ0) is 20.4. The predicted molar refractivity (Wildman–Crippen MR) is 111 cm³/mol. The quantitative estimate of drug-likeness (QED) is 0.620. The smallest absolute Gasteiger partial charge is 0.231 e. The van der Waals surface area contributed by atoms with Crippen molar-refractivity contribution >= 4 is 5.71 Å². The van der Waals surface area contributed by atoms with Crippen LogP contribution in [0.25, 0.3) is 0 Å². The first-order valence-electron chi connectivity index (χ1n) is 10.2. The summed E-state index contributed by atoms with van der Waals surface area (Å²) >= 11 is 0. The first-order valence-corrected chi connectivity index (χ1v) is 10.2. The molecule has 0 N–H and O–H groups in total. The van der Waals surface area contributed by atoms with Gasteiger partial charge in [0.25, 0.3) is 0 Å². The summed E-state index contributed by atoms with van der Waals surface area (Å²) in [5, 5.41) is 7.07. The first-order chi connectivity index (χ1) is 15.3. The van der Waals surface area contributed by atoms with E-state index in [1.807, 2.05) is 54.6 Å². The second-order valence-corrected chi connectivity index (χ2v) is 7.84. The zero-order valence-corrected chi connectivity index (χ0v) is 16.5. The summed E-state index contributed by atoms with van der Waals surface area (Å²) in [5.74, 6) is 3.90. The van der Waals surface area contributed by atoms with Crippen LogP contribution in [0.4, 0.5) is 0 Å². The molecule has 0 saturated heterocycles. The van der Waals surface area contributed by atoms with E-state index in [-0.39, 0.29) is 25.9 Å². The predicted octanol–water partition coefficient (Wildman–Crippen LogP) is 4.39. The van der Waals surface area contributed by atoms with Crippen LogP contribution in [0.5, 0.6) is 28.7 Å². The van der Waals surface area contributed by atoms with Gasteiger partial charge in [0, 0.05) is 23.1 Å². The van der Waals surface area contributed by atoms with E-state index in [4.69, 9.17) is 28.8 Å². The van der Waals surface area contributed by atoms with Gasteiger partial charge in [0.05, 0.1) is 11.8 Å². The fourth-order valence-electron chi connectivity index (χ4n) is 4.57. The molecule has 0 spiro atoms. The monoisotopic (exact) mass is 414 g/mol. The van der Waals surface area contributed by atoms with Crippen molar-refractivity contribution in [3.8, 4) is 28.7 Å². The average molecular weight is 414 g/mol. The third-order valence-electron chi connectivity index (χ3n) is 6.09. The van der Waals surface area contributed by atoms with Crippen molar-refractivity contribution in [3.05, 3.63) is 77.4 Å². The Morgan fingerprint density at radius 2 is 1.48 bits per heavy atom. The zero-order valence-electron chi connectivity index (χ0n) is 16.5. The van der Waals surface area contributed by atoms with E-state index in [2.05, 4.69) is 11.1 Å². The van der Waals surface area contributed by atoms with Gasteiger partial charge in [-0.05, 0) is 42.5 Å². The molecule has 0 aromatic heterocycles. The molecule has 3 aromatic rings. The number of hydrazone groups is 1. The lowest BCUT2D eigenvalue weighted by Crippen LogP contribution is -2.33. The van der Waals surface area contributed by atoms with Gasteiger partial charge in [-0.15, -0.1) is 0 Å². The number of ether oxygens (including phenoxy) is 5. The first kappa shape index (κ1) is 16.9. The minimum atomic E-state index is -0.360. The summed E-state index contributed by atoms with van der Waals surface area (Å²) in [6, 6.07) is 20.2. The molecule has 0 bridgehead atoms. The van der Waals surface area contributed by atoms with Crippen LogP contribution in [0.1, 0.15) is 35.4 Å². The number of para-hydroxylation sites is 1. The maximum absolute atomic E-state index is 6.43. The maximum Gasteiger partial charge on any atom is 0.231 e. The van der Waals surface area contributed by atoms with Crippen molar-refractivity contribution in [1.82, 2.24) is 5.01 Å². The van der Waals surface area contributed by atoms with E-state index in [9.17, 15) is 0 Å². The Balaban J connectivity index is 1.31. The van der Waals surface area contributed by atoms with Crippen LogP contribution in [0.2, 0.25) is 0 Å². The van der Waals surface area contributed by atoms with Gasteiger partial charge in [-0.3, -0.25) is 0 Å². The molecule has 0 saturated carbocycles. The number of hydrogen-bond acceptors (Lipinski definition) is 7. The average Bonchev–Trinajstić information content (AvgIpc) is 3.56. The van der Waals surface area contributed by atoms with Crippen LogP contribution in [0, 0.1) is 0 Å². The Bertz CT molecular complexity index is 1240. The van der Waals surface area contributed by atoms with Crippen molar-refractivity contribution in [2.24, 2.45) is 5.10 Å². The molecule has 0 unspecified atom stereocenters. The van der Waals surface area contributed by atoms with Gasteiger partial charge in [0.15, 0.2) is 23.0 Å². The van der Waals surface area contributed by atoms with Crippen LogP contribution < -0.4 is 23.7 Å². The van der Waals surface area contributed by atoms with E-state index in [1.54, 1.807) is 0 Å². The summed E-state index contributed by atoms with van der Waals surface area (Å²) in [6.45, 7) is 0.499. The largest absolute Gasteiger partial charge is 0.464 e. The van der Waals surface area contributed by atoms with E-state index in [0.29, 0.717) is 0 Å². The summed E-state index contributed by atoms with van der Waals surface area (Å²) < 4.78 is 28.5. The molecule has 0 radical (unpaired) electrons. The van der Waals surface area contributed by atoms with Gasteiger partial charge in [0.1, 0.15) is 5.75 Å². The Kier molecular flexibility index (Phi) is 3.44. The molecule has 154 valence electrons. The van der Waals surface area contributed by atoms with E-state index >= 15 is 0 Å². The molecule has 7 nitrogen and oxygen atoms in total. The molecule has 0 fully saturated rings. The molecule has 4 heterocycles. The SMILES string of the molecule is c1ccc2c(c1)O[C@H](c1ccc3c(c1)OCO3)N1N=C(c3ccc4c(c3)OCO4)C[C@@H]21. The van der Waals surface area contributed by atoms with Crippen molar-refractivity contribution in [3.63, 3.8) is 0 Å². The van der Waals surface area contributed by atoms with Gasteiger partial charge in [-0.2, -0.15) is 5.10 Å². The highest BCUT2D eigenvalue weighted by molar-refractivity contribution is 6.02. The molecule has 7 rings (SSSR count). The molecule has 2 atom stereocenters. The second-order valence-electron chi connectivity index (χ2n) is 7.84. The molecule has 3 aromatic carbocycles. The van der Waals surface area contributed by atoms with Crippen molar-refractivity contribution in [1.29, 1.82) is 0 Å². The van der Waals surface area contributed by atoms with Gasteiger partial charge < -0.3 is 23.7 Å². The molecule has 4 aliphatic heterocycles. The van der Waals surface area contributed by atoms with E-state index in [1.165, 1.54) is 0 Å². The van der Waals surface area contributed by atoms with Gasteiger partial charge >= 0.3 is 0 Å².